The number of hydrogen-bond acceptors (Lipinski definition) is 9. The molecule has 2 aromatic carbocycles. The number of nitriles is 1. The number of para-hydroxylation sites is 1. The summed E-state index contributed by atoms with van der Waals surface area (Å²) in [7, 11) is 1.63. The SMILES string of the molecule is CCOC(=O)c1sc(N)c(C#N)c1COC(=O)c1c2c(nc3ccccc13)/C(=C/c1ccc(OC)cc1)CC2. The number of nitrogens with zero attached hydrogens (tertiary/aromatic N) is 2. The summed E-state index contributed by atoms with van der Waals surface area (Å²) < 4.78 is 16.1. The first-order valence-corrected chi connectivity index (χ1v) is 13.2. The molecule has 2 N–H and O–H groups in total. The lowest BCUT2D eigenvalue weighted by molar-refractivity contribution is 0.0453. The summed E-state index contributed by atoms with van der Waals surface area (Å²) in [6.45, 7) is 1.56. The van der Waals surface area contributed by atoms with Crippen molar-refractivity contribution in [1.29, 1.82) is 5.26 Å². The molecule has 8 nitrogen and oxygen atoms in total. The molecule has 0 saturated heterocycles. The van der Waals surface area contributed by atoms with Crippen molar-refractivity contribution in [2.45, 2.75) is 26.4 Å². The Kier molecular flexibility index (Phi) is 7.30. The number of carbonyl (C=O) groups is 2. The van der Waals surface area contributed by atoms with Gasteiger partial charge < -0.3 is 19.9 Å². The van der Waals surface area contributed by atoms with Gasteiger partial charge in [0.25, 0.3) is 0 Å². The molecular weight excluding hydrogens is 514 g/mol. The molecule has 0 atom stereocenters. The maximum absolute atomic E-state index is 13.6. The van der Waals surface area contributed by atoms with Gasteiger partial charge in [0, 0.05) is 10.9 Å². The highest BCUT2D eigenvalue weighted by Crippen LogP contribution is 2.38. The van der Waals surface area contributed by atoms with Gasteiger partial charge in [-0.15, -0.1) is 11.3 Å². The van der Waals surface area contributed by atoms with Crippen molar-refractivity contribution >= 4 is 50.8 Å². The van der Waals surface area contributed by atoms with Crippen LogP contribution in [0.2, 0.25) is 0 Å². The largest absolute Gasteiger partial charge is 0.497 e. The van der Waals surface area contributed by atoms with Crippen molar-refractivity contribution in [3.63, 3.8) is 0 Å². The van der Waals surface area contributed by atoms with E-state index in [1.807, 2.05) is 54.6 Å². The minimum absolute atomic E-state index is 0.116. The van der Waals surface area contributed by atoms with Gasteiger partial charge in [0.1, 0.15) is 28.3 Å². The molecule has 0 aliphatic heterocycles. The first-order valence-electron chi connectivity index (χ1n) is 12.4. The normalized spacial score (nSPS) is 13.2. The zero-order valence-corrected chi connectivity index (χ0v) is 22.3. The fraction of sp³-hybridized carbons (Fsp3) is 0.200. The summed E-state index contributed by atoms with van der Waals surface area (Å²) in [6, 6.07) is 17.2. The number of aromatic nitrogens is 1. The molecule has 9 heteroatoms. The van der Waals surface area contributed by atoms with Gasteiger partial charge in [0.15, 0.2) is 0 Å². The number of hydrogen-bond donors (Lipinski definition) is 1. The topological polar surface area (TPSA) is 125 Å². The number of thiophene rings is 1. The van der Waals surface area contributed by atoms with Gasteiger partial charge in [-0.1, -0.05) is 30.3 Å². The number of carbonyl (C=O) groups excluding carboxylic acids is 2. The highest BCUT2D eigenvalue weighted by atomic mass is 32.1. The molecule has 0 amide bonds. The van der Waals surface area contributed by atoms with Crippen molar-refractivity contribution in [1.82, 2.24) is 4.98 Å². The number of fused-ring (bicyclic) bond motifs is 2. The quantitative estimate of drug-likeness (QED) is 0.293. The molecule has 2 aromatic heterocycles. The average Bonchev–Trinajstić information content (AvgIpc) is 3.50. The van der Waals surface area contributed by atoms with E-state index in [1.165, 1.54) is 0 Å². The van der Waals surface area contributed by atoms with Crippen LogP contribution in [0.1, 0.15) is 61.3 Å². The van der Waals surface area contributed by atoms with Gasteiger partial charge in [0.2, 0.25) is 0 Å². The first kappa shape index (κ1) is 25.9. The third-order valence-electron chi connectivity index (χ3n) is 6.56. The molecule has 196 valence electrons. The molecule has 1 aliphatic carbocycles. The van der Waals surface area contributed by atoms with Gasteiger partial charge in [-0.25, -0.2) is 14.6 Å². The molecule has 4 aromatic rings. The second-order valence-electron chi connectivity index (χ2n) is 8.83. The van der Waals surface area contributed by atoms with Crippen molar-refractivity contribution in [3.8, 4) is 11.8 Å². The molecule has 0 spiro atoms. The van der Waals surface area contributed by atoms with E-state index in [0.29, 0.717) is 22.9 Å². The van der Waals surface area contributed by atoms with Crippen LogP contribution in [-0.2, 0) is 22.5 Å². The first-order chi connectivity index (χ1) is 18.9. The van der Waals surface area contributed by atoms with Gasteiger partial charge in [-0.05, 0) is 60.7 Å². The second kappa shape index (κ2) is 11.0. The number of esters is 2. The van der Waals surface area contributed by atoms with Crippen LogP contribution in [0.4, 0.5) is 5.00 Å². The van der Waals surface area contributed by atoms with Gasteiger partial charge >= 0.3 is 11.9 Å². The molecule has 39 heavy (non-hydrogen) atoms. The van der Waals surface area contributed by atoms with Crippen LogP contribution >= 0.6 is 11.3 Å². The summed E-state index contributed by atoms with van der Waals surface area (Å²) in [4.78, 5) is 31.2. The molecule has 0 radical (unpaired) electrons. The maximum atomic E-state index is 13.6. The number of anilines is 1. The van der Waals surface area contributed by atoms with E-state index in [9.17, 15) is 14.9 Å². The van der Waals surface area contributed by atoms with Crippen LogP contribution in [-0.4, -0.2) is 30.6 Å². The third-order valence-corrected chi connectivity index (χ3v) is 7.60. The number of methoxy groups -OCH3 is 1. The molecular formula is C30H25N3O5S. The third kappa shape index (κ3) is 4.94. The van der Waals surface area contributed by atoms with E-state index in [0.717, 1.165) is 45.9 Å². The summed E-state index contributed by atoms with van der Waals surface area (Å²) in [5.41, 5.74) is 11.1. The highest BCUT2D eigenvalue weighted by molar-refractivity contribution is 7.18. The van der Waals surface area contributed by atoms with Crippen molar-refractivity contribution in [2.75, 3.05) is 19.5 Å². The second-order valence-corrected chi connectivity index (χ2v) is 9.88. The molecule has 5 rings (SSSR count). The van der Waals surface area contributed by atoms with Crippen molar-refractivity contribution in [2.24, 2.45) is 0 Å². The standard InChI is InChI=1S/C30H25N3O5S/c1-3-37-30(35)27-23(22(15-31)28(32)39-27)16-38-29(34)25-20-6-4-5-7-24(20)33-26-18(10-13-21(25)26)14-17-8-11-19(36-2)12-9-17/h4-9,11-12,14H,3,10,13,16,32H2,1-2H3/b18-14+. The number of pyridine rings is 1. The molecule has 2 heterocycles. The van der Waals surface area contributed by atoms with Gasteiger partial charge in [-0.2, -0.15) is 5.26 Å². The van der Waals surface area contributed by atoms with E-state index < -0.39 is 11.9 Å². The Bertz CT molecular complexity index is 1660. The number of ether oxygens (including phenoxy) is 3. The summed E-state index contributed by atoms with van der Waals surface area (Å²) in [6.07, 6.45) is 3.42. The Balaban J connectivity index is 1.52. The minimum Gasteiger partial charge on any atom is -0.497 e. The summed E-state index contributed by atoms with van der Waals surface area (Å²) in [5.74, 6) is -0.388. The Morgan fingerprint density at radius 3 is 2.59 bits per heavy atom. The Labute approximate surface area is 229 Å². The number of benzene rings is 2. The molecule has 0 bridgehead atoms. The Morgan fingerprint density at radius 2 is 1.87 bits per heavy atom. The molecule has 0 unspecified atom stereocenters. The van der Waals surface area contributed by atoms with Crippen LogP contribution in [0.5, 0.6) is 5.75 Å². The van der Waals surface area contributed by atoms with Crippen LogP contribution < -0.4 is 10.5 Å². The lowest BCUT2D eigenvalue weighted by Crippen LogP contribution is -2.12. The summed E-state index contributed by atoms with van der Waals surface area (Å²) in [5, 5.41) is 10.5. The highest BCUT2D eigenvalue weighted by Gasteiger charge is 2.29. The zero-order valence-electron chi connectivity index (χ0n) is 21.4. The van der Waals surface area contributed by atoms with E-state index in [4.69, 9.17) is 24.9 Å². The number of rotatable bonds is 7. The average molecular weight is 540 g/mol. The molecule has 0 fully saturated rings. The molecule has 0 saturated carbocycles. The van der Waals surface area contributed by atoms with Gasteiger partial charge in [-0.3, -0.25) is 0 Å². The zero-order chi connectivity index (χ0) is 27.5. The smallest absolute Gasteiger partial charge is 0.348 e. The van der Waals surface area contributed by atoms with Crippen LogP contribution in [0.15, 0.2) is 48.5 Å². The lowest BCUT2D eigenvalue weighted by atomic mass is 10.0. The van der Waals surface area contributed by atoms with Crippen LogP contribution in [0.25, 0.3) is 22.6 Å². The predicted molar refractivity (Wildman–Crippen MR) is 149 cm³/mol. The van der Waals surface area contributed by atoms with Crippen LogP contribution in [0.3, 0.4) is 0 Å². The van der Waals surface area contributed by atoms with E-state index in [2.05, 4.69) is 6.08 Å². The van der Waals surface area contributed by atoms with Crippen LogP contribution in [0, 0.1) is 11.3 Å². The summed E-state index contributed by atoms with van der Waals surface area (Å²) >= 11 is 0.951. The predicted octanol–water partition coefficient (Wildman–Crippen LogP) is 5.78. The number of nitrogens with two attached hydrogens (primary N) is 1. The van der Waals surface area contributed by atoms with E-state index in [1.54, 1.807) is 14.0 Å². The number of nitrogen functional groups attached to an aromatic ring is 1. The monoisotopic (exact) mass is 539 g/mol. The van der Waals surface area contributed by atoms with E-state index in [-0.39, 0.29) is 34.2 Å². The van der Waals surface area contributed by atoms with Crippen molar-refractivity contribution in [3.05, 3.63) is 86.9 Å². The van der Waals surface area contributed by atoms with Gasteiger partial charge in [0.05, 0.1) is 36.1 Å². The van der Waals surface area contributed by atoms with Crippen molar-refractivity contribution < 1.29 is 23.8 Å². The minimum atomic E-state index is -0.606. The Morgan fingerprint density at radius 1 is 1.10 bits per heavy atom. The lowest BCUT2D eigenvalue weighted by Gasteiger charge is -2.13. The van der Waals surface area contributed by atoms with E-state index >= 15 is 0 Å². The maximum Gasteiger partial charge on any atom is 0.348 e. The fourth-order valence-electron chi connectivity index (χ4n) is 4.73. The number of allylic oxidation sites excluding steroid dienone is 1. The molecule has 1 aliphatic rings. The fourth-order valence-corrected chi connectivity index (χ4v) is 5.65. The Hall–Kier alpha value is -4.68.